The predicted molar refractivity (Wildman–Crippen MR) is 40.9 cm³/mol. The van der Waals surface area contributed by atoms with E-state index < -0.39 is 32.7 Å². The van der Waals surface area contributed by atoms with Crippen LogP contribution in [0.15, 0.2) is 0 Å². The summed E-state index contributed by atoms with van der Waals surface area (Å²) in [6.45, 7) is 0. The fraction of sp³-hybridized carbons (Fsp3) is 0.333. The molecule has 0 saturated heterocycles. The maximum Gasteiger partial charge on any atom is 1.00 e. The molecule has 0 aromatic carbocycles. The Morgan fingerprint density at radius 2 is 1.69 bits per heavy atom. The van der Waals surface area contributed by atoms with Crippen LogP contribution in [0.4, 0.5) is 5.95 Å². The van der Waals surface area contributed by atoms with Crippen molar-refractivity contribution in [2.24, 2.45) is 0 Å². The van der Waals surface area contributed by atoms with Crippen LogP contribution < -0.4 is 51.4 Å². The van der Waals surface area contributed by atoms with Crippen LogP contribution in [-0.2, 0) is 0 Å². The molecule has 0 amide bonds. The van der Waals surface area contributed by atoms with E-state index in [0.29, 0.717) is 0 Å². The molecule has 0 bridgehead atoms. The molecule has 82 valence electrons. The van der Waals surface area contributed by atoms with E-state index in [9.17, 15) is 30.3 Å². The quantitative estimate of drug-likeness (QED) is 0.249. The Bertz CT molecular complexity index is 421. The van der Waals surface area contributed by atoms with Crippen molar-refractivity contribution in [3.05, 3.63) is 36.2 Å². The van der Waals surface area contributed by atoms with E-state index in [2.05, 4.69) is 10.1 Å². The van der Waals surface area contributed by atoms with Gasteiger partial charge in [-0.25, -0.2) is 0 Å². The van der Waals surface area contributed by atoms with Crippen LogP contribution in [-0.4, -0.2) is 30.0 Å². The summed E-state index contributed by atoms with van der Waals surface area (Å²) < 4.78 is 0. The first-order valence-corrected chi connectivity index (χ1v) is 3.27. The number of H-pyrrole nitrogens is 1. The zero-order chi connectivity index (χ0) is 11.6. The maximum absolute atomic E-state index is 10.2. The van der Waals surface area contributed by atoms with Crippen LogP contribution >= 0.6 is 0 Å². The van der Waals surface area contributed by atoms with Gasteiger partial charge in [0.15, 0.2) is 0 Å². The van der Waals surface area contributed by atoms with Gasteiger partial charge in [0.25, 0.3) is 0 Å². The van der Waals surface area contributed by atoms with Crippen molar-refractivity contribution in [1.82, 2.24) is 15.2 Å². The van der Waals surface area contributed by atoms with Crippen molar-refractivity contribution >= 4 is 5.95 Å². The van der Waals surface area contributed by atoms with Crippen LogP contribution in [0.2, 0.25) is 0 Å². The first-order chi connectivity index (χ1) is 6.93. The first kappa shape index (κ1) is 15.0. The minimum atomic E-state index is -2.41. The second-order valence-corrected chi connectivity index (χ2v) is 2.22. The van der Waals surface area contributed by atoms with Gasteiger partial charge in [-0.2, -0.15) is 0 Å². The first-order valence-electron chi connectivity index (χ1n) is 3.27. The molecule has 0 aliphatic rings. The van der Waals surface area contributed by atoms with Gasteiger partial charge >= 0.3 is 69.3 Å². The zero-order valence-corrected chi connectivity index (χ0v) is 10.9. The zero-order valence-electron chi connectivity index (χ0n) is 8.76. The number of aromatic nitrogens is 3. The number of nitro groups is 3. The normalized spacial score (nSPS) is 9.56. The number of nitrogens with zero attached hydrogens (tertiary/aromatic N) is 5. The topological polar surface area (TPSA) is 171 Å². The SMILES string of the molecule is O=[N+]([O-])c1nc(C([N+](=O)[O-])[N+](=O)[O-])n[nH]1.[H-].[K+]. The van der Waals surface area contributed by atoms with Crippen molar-refractivity contribution in [2.75, 3.05) is 0 Å². The molecule has 1 N–H and O–H groups in total. The molecule has 1 heterocycles. The monoisotopic (exact) mass is 258 g/mol. The minimum Gasteiger partial charge on any atom is -1.00 e. The van der Waals surface area contributed by atoms with Gasteiger partial charge in [0, 0.05) is 0 Å². The fourth-order valence-corrected chi connectivity index (χ4v) is 0.728. The van der Waals surface area contributed by atoms with Crippen molar-refractivity contribution in [3.8, 4) is 0 Å². The standard InChI is InChI=1S/C3H2N6O6.K.H/c10-7(11)2(8(12)13)1-4-3(6-5-1)9(14)15;;/h2H,(H,4,5,6);;/q;+1;-1. The van der Waals surface area contributed by atoms with E-state index in [1.807, 2.05) is 0 Å². The third kappa shape index (κ3) is 3.24. The van der Waals surface area contributed by atoms with Crippen LogP contribution in [0.1, 0.15) is 13.4 Å². The van der Waals surface area contributed by atoms with E-state index >= 15 is 0 Å². The van der Waals surface area contributed by atoms with Crippen LogP contribution in [0.25, 0.3) is 0 Å². The molecule has 1 aromatic heterocycles. The van der Waals surface area contributed by atoms with Crippen molar-refractivity contribution in [3.63, 3.8) is 0 Å². The van der Waals surface area contributed by atoms with E-state index in [-0.39, 0.29) is 52.8 Å². The van der Waals surface area contributed by atoms with Gasteiger partial charge in [0.05, 0.1) is 0 Å². The Balaban J connectivity index is 0. The second-order valence-electron chi connectivity index (χ2n) is 2.22. The third-order valence-corrected chi connectivity index (χ3v) is 1.29. The smallest absolute Gasteiger partial charge is 1.00 e. The molecule has 13 heteroatoms. The number of nitrogens with one attached hydrogen (secondary N) is 1. The Morgan fingerprint density at radius 1 is 1.19 bits per heavy atom. The Labute approximate surface area is 130 Å². The molecule has 0 atom stereocenters. The summed E-state index contributed by atoms with van der Waals surface area (Å²) >= 11 is 0. The molecule has 1 aromatic rings. The molecule has 0 saturated carbocycles. The molecule has 0 fully saturated rings. The van der Waals surface area contributed by atoms with E-state index in [1.165, 1.54) is 0 Å². The summed E-state index contributed by atoms with van der Waals surface area (Å²) in [7, 11) is 0. The number of rotatable bonds is 4. The van der Waals surface area contributed by atoms with Gasteiger partial charge in [-0.05, 0) is 9.91 Å². The summed E-state index contributed by atoms with van der Waals surface area (Å²) in [4.78, 5) is 30.0. The molecule has 0 radical (unpaired) electrons. The van der Waals surface area contributed by atoms with Crippen molar-refractivity contribution in [2.45, 2.75) is 6.17 Å². The van der Waals surface area contributed by atoms with Crippen LogP contribution in [0, 0.1) is 30.3 Å². The molecular weight excluding hydrogens is 255 g/mol. The minimum absolute atomic E-state index is 0. The summed E-state index contributed by atoms with van der Waals surface area (Å²) in [6.07, 6.45) is -2.41. The average molecular weight is 258 g/mol. The maximum atomic E-state index is 10.2. The van der Waals surface area contributed by atoms with Gasteiger partial charge in [-0.15, -0.1) is 5.10 Å². The average Bonchev–Trinajstić information content (AvgIpc) is 2.51. The Kier molecular flexibility index (Phi) is 5.52. The summed E-state index contributed by atoms with van der Waals surface area (Å²) in [5.74, 6) is -1.75. The van der Waals surface area contributed by atoms with Crippen molar-refractivity contribution < 1.29 is 67.6 Å². The number of hydrogen-bond donors (Lipinski definition) is 1. The summed E-state index contributed by atoms with van der Waals surface area (Å²) in [5, 5.41) is 35.3. The third-order valence-electron chi connectivity index (χ3n) is 1.29. The van der Waals surface area contributed by atoms with Crippen molar-refractivity contribution in [1.29, 1.82) is 0 Å². The van der Waals surface area contributed by atoms with E-state index in [0.717, 1.165) is 0 Å². The van der Waals surface area contributed by atoms with E-state index in [1.54, 1.807) is 5.10 Å². The van der Waals surface area contributed by atoms with Gasteiger partial charge in [0.1, 0.15) is 9.85 Å². The van der Waals surface area contributed by atoms with Gasteiger partial charge in [0.2, 0.25) is 0 Å². The van der Waals surface area contributed by atoms with E-state index in [4.69, 9.17) is 0 Å². The second kappa shape index (κ2) is 5.90. The van der Waals surface area contributed by atoms with Gasteiger partial charge in [-0.1, -0.05) is 5.10 Å². The molecule has 0 spiro atoms. The summed E-state index contributed by atoms with van der Waals surface area (Å²) in [6, 6.07) is 0. The molecular formula is C3H3KN6O6. The molecule has 1 rings (SSSR count). The number of aromatic amines is 1. The summed E-state index contributed by atoms with van der Waals surface area (Å²) in [5.41, 5.74) is 0. The Morgan fingerprint density at radius 3 is 2.00 bits per heavy atom. The Hall–Kier alpha value is -1.02. The molecule has 0 aliphatic carbocycles. The van der Waals surface area contributed by atoms with Crippen LogP contribution in [0.5, 0.6) is 0 Å². The molecule has 12 nitrogen and oxygen atoms in total. The predicted octanol–water partition coefficient (Wildman–Crippen LogP) is -3.62. The van der Waals surface area contributed by atoms with Gasteiger partial charge in [-0.3, -0.25) is 20.2 Å². The number of hydrogen-bond acceptors (Lipinski definition) is 8. The largest absolute Gasteiger partial charge is 1.00 e. The van der Waals surface area contributed by atoms with Crippen LogP contribution in [0.3, 0.4) is 0 Å². The molecule has 16 heavy (non-hydrogen) atoms. The molecule has 0 unspecified atom stereocenters. The van der Waals surface area contributed by atoms with Gasteiger partial charge < -0.3 is 11.5 Å². The molecule has 0 aliphatic heterocycles. The fourth-order valence-electron chi connectivity index (χ4n) is 0.728.